The number of aromatic carboxylic acids is 1. The summed E-state index contributed by atoms with van der Waals surface area (Å²) in [5, 5.41) is 11.9. The lowest BCUT2D eigenvalue weighted by molar-refractivity contribution is 0.0691. The van der Waals surface area contributed by atoms with Gasteiger partial charge in [-0.1, -0.05) is 6.07 Å². The molecule has 0 aliphatic rings. The number of amides is 1. The molecule has 0 radical (unpaired) electrons. The number of hydrogen-bond acceptors (Lipinski definition) is 2. The van der Waals surface area contributed by atoms with E-state index in [2.05, 4.69) is 69.0 Å². The molecule has 4 nitrogen and oxygen atoms in total. The van der Waals surface area contributed by atoms with Crippen molar-refractivity contribution in [3.63, 3.8) is 0 Å². The van der Waals surface area contributed by atoms with Crippen molar-refractivity contribution in [1.82, 2.24) is 0 Å². The molecule has 0 saturated heterocycles. The van der Waals surface area contributed by atoms with Gasteiger partial charge in [-0.2, -0.15) is 0 Å². The Labute approximate surface area is 164 Å². The average molecular weight is 575 g/mol. The lowest BCUT2D eigenvalue weighted by Crippen LogP contribution is -2.18. The molecule has 120 valence electrons. The topological polar surface area (TPSA) is 66.4 Å². The quantitative estimate of drug-likeness (QED) is 0.358. The van der Waals surface area contributed by atoms with Crippen LogP contribution in [0.2, 0.25) is 0 Å². The zero-order valence-corrected chi connectivity index (χ0v) is 17.3. The van der Waals surface area contributed by atoms with Gasteiger partial charge in [0, 0.05) is 23.6 Å². The third-order valence-corrected chi connectivity index (χ3v) is 7.56. The van der Waals surface area contributed by atoms with E-state index in [1.807, 2.05) is 0 Å². The molecule has 0 fully saturated rings. The van der Waals surface area contributed by atoms with Gasteiger partial charge in [0.1, 0.15) is 5.82 Å². The third-order valence-electron chi connectivity index (χ3n) is 2.79. The van der Waals surface area contributed by atoms with Crippen molar-refractivity contribution >= 4 is 81.3 Å². The summed E-state index contributed by atoms with van der Waals surface area (Å²) < 4.78 is 14.6. The van der Waals surface area contributed by atoms with Crippen molar-refractivity contribution in [3.8, 4) is 0 Å². The number of benzene rings is 2. The van der Waals surface area contributed by atoms with Gasteiger partial charge in [0.15, 0.2) is 0 Å². The molecule has 23 heavy (non-hydrogen) atoms. The van der Waals surface area contributed by atoms with Gasteiger partial charge < -0.3 is 10.4 Å². The normalized spacial score (nSPS) is 10.5. The van der Waals surface area contributed by atoms with Crippen molar-refractivity contribution in [1.29, 1.82) is 0 Å². The minimum Gasteiger partial charge on any atom is -0.478 e. The van der Waals surface area contributed by atoms with Crippen LogP contribution in [0.5, 0.6) is 0 Å². The predicted octanol–water partition coefficient (Wildman–Crippen LogP) is 5.83. The van der Waals surface area contributed by atoms with Crippen molar-refractivity contribution in [2.45, 2.75) is 0 Å². The molecule has 9 heteroatoms. The van der Waals surface area contributed by atoms with Crippen molar-refractivity contribution < 1.29 is 19.1 Å². The first-order valence-electron chi connectivity index (χ1n) is 5.90. The second-order valence-corrected chi connectivity index (χ2v) is 7.45. The monoisotopic (exact) mass is 571 g/mol. The first-order chi connectivity index (χ1) is 10.7. The standard InChI is InChI=1S/C14H6Br4FNO3/c15-9-7(8(14(22)23)10(16)12(18)11(9)17)13(21)20-6-3-1-2-5(19)4-6/h1-4H,(H,20,21)(H,22,23). The predicted molar refractivity (Wildman–Crippen MR) is 98.6 cm³/mol. The number of carboxylic acid groups (broad SMARTS) is 1. The van der Waals surface area contributed by atoms with Gasteiger partial charge in [0.25, 0.3) is 5.91 Å². The number of halogens is 5. The molecule has 2 aromatic rings. The Bertz CT molecular complexity index is 826. The zero-order chi connectivity index (χ0) is 17.3. The Hall–Kier alpha value is -0.770. The first-order valence-corrected chi connectivity index (χ1v) is 9.07. The second kappa shape index (κ2) is 7.42. The van der Waals surface area contributed by atoms with Crippen LogP contribution in [-0.4, -0.2) is 17.0 Å². The number of rotatable bonds is 3. The number of hydrogen-bond donors (Lipinski definition) is 2. The molecule has 0 aliphatic carbocycles. The molecule has 0 spiro atoms. The van der Waals surface area contributed by atoms with E-state index in [0.29, 0.717) is 8.95 Å². The lowest BCUT2D eigenvalue weighted by Gasteiger charge is -2.14. The summed E-state index contributed by atoms with van der Waals surface area (Å²) in [7, 11) is 0. The summed E-state index contributed by atoms with van der Waals surface area (Å²) in [5.74, 6) is -2.48. The Kier molecular flexibility index (Phi) is 5.99. The number of carbonyl (C=O) groups excluding carboxylic acids is 1. The maximum absolute atomic E-state index is 13.2. The van der Waals surface area contributed by atoms with Crippen LogP contribution >= 0.6 is 63.7 Å². The lowest BCUT2D eigenvalue weighted by atomic mass is 10.1. The maximum Gasteiger partial charge on any atom is 0.337 e. The van der Waals surface area contributed by atoms with Crippen molar-refractivity contribution in [2.75, 3.05) is 5.32 Å². The van der Waals surface area contributed by atoms with Crippen LogP contribution in [-0.2, 0) is 0 Å². The molecule has 2 rings (SSSR count). The highest BCUT2D eigenvalue weighted by Gasteiger charge is 2.27. The van der Waals surface area contributed by atoms with E-state index in [9.17, 15) is 19.1 Å². The highest BCUT2D eigenvalue weighted by atomic mass is 79.9. The molecule has 0 bridgehead atoms. The Morgan fingerprint density at radius 3 is 2.04 bits per heavy atom. The van der Waals surface area contributed by atoms with Gasteiger partial charge in [-0.05, 0) is 81.9 Å². The molecule has 0 unspecified atom stereocenters. The highest BCUT2D eigenvalue weighted by Crippen LogP contribution is 2.42. The molecule has 1 amide bonds. The molecule has 2 aromatic carbocycles. The fraction of sp³-hybridized carbons (Fsp3) is 0. The molecular formula is C14H6Br4FNO3. The fourth-order valence-electron chi connectivity index (χ4n) is 1.81. The van der Waals surface area contributed by atoms with E-state index in [1.54, 1.807) is 0 Å². The number of carbonyl (C=O) groups is 2. The van der Waals surface area contributed by atoms with E-state index in [1.165, 1.54) is 18.2 Å². The van der Waals surface area contributed by atoms with Crippen LogP contribution in [0.1, 0.15) is 20.7 Å². The van der Waals surface area contributed by atoms with E-state index < -0.39 is 17.7 Å². The Balaban J connectivity index is 2.58. The van der Waals surface area contributed by atoms with Crippen molar-refractivity contribution in [3.05, 3.63) is 59.1 Å². The summed E-state index contributed by atoms with van der Waals surface area (Å²) in [6, 6.07) is 5.31. The summed E-state index contributed by atoms with van der Waals surface area (Å²) in [4.78, 5) is 24.0. The second-order valence-electron chi connectivity index (χ2n) is 4.28. The molecule has 0 saturated carbocycles. The van der Waals surface area contributed by atoms with Gasteiger partial charge in [0.2, 0.25) is 0 Å². The number of carboxylic acids is 1. The SMILES string of the molecule is O=C(O)c1c(Br)c(Br)c(Br)c(Br)c1C(=O)Nc1cccc(F)c1. The van der Waals surface area contributed by atoms with E-state index >= 15 is 0 Å². The van der Waals surface area contributed by atoms with Crippen LogP contribution in [0.15, 0.2) is 42.2 Å². The molecule has 0 atom stereocenters. The van der Waals surface area contributed by atoms with Crippen molar-refractivity contribution in [2.24, 2.45) is 0 Å². The first kappa shape index (κ1) is 18.6. The van der Waals surface area contributed by atoms with E-state index in [-0.39, 0.29) is 25.8 Å². The maximum atomic E-state index is 13.2. The van der Waals surface area contributed by atoms with Gasteiger partial charge >= 0.3 is 5.97 Å². The van der Waals surface area contributed by atoms with Crippen LogP contribution in [0.25, 0.3) is 0 Å². The summed E-state index contributed by atoms with van der Waals surface area (Å²) in [5.41, 5.74) is -0.0991. The van der Waals surface area contributed by atoms with E-state index in [0.717, 1.165) is 6.07 Å². The van der Waals surface area contributed by atoms with Crippen LogP contribution in [0.3, 0.4) is 0 Å². The van der Waals surface area contributed by atoms with E-state index in [4.69, 9.17) is 0 Å². The Morgan fingerprint density at radius 2 is 1.52 bits per heavy atom. The minimum atomic E-state index is -1.28. The van der Waals surface area contributed by atoms with Gasteiger partial charge in [0.05, 0.1) is 11.1 Å². The average Bonchev–Trinajstić information content (AvgIpc) is 2.48. The van der Waals surface area contributed by atoms with Crippen LogP contribution in [0.4, 0.5) is 10.1 Å². The molecule has 0 aromatic heterocycles. The van der Waals surface area contributed by atoms with Crippen LogP contribution < -0.4 is 5.32 Å². The summed E-state index contributed by atoms with van der Waals surface area (Å²) in [6.45, 7) is 0. The number of nitrogens with one attached hydrogen (secondary N) is 1. The molecule has 2 N–H and O–H groups in total. The minimum absolute atomic E-state index is 0.0938. The smallest absolute Gasteiger partial charge is 0.337 e. The number of anilines is 1. The zero-order valence-electron chi connectivity index (χ0n) is 11.0. The van der Waals surface area contributed by atoms with Gasteiger partial charge in [-0.15, -0.1) is 0 Å². The van der Waals surface area contributed by atoms with Gasteiger partial charge in [-0.3, -0.25) is 4.79 Å². The fourth-order valence-corrected chi connectivity index (χ4v) is 4.27. The molecular weight excluding hydrogens is 569 g/mol. The molecule has 0 aliphatic heterocycles. The Morgan fingerprint density at radius 1 is 0.957 bits per heavy atom. The van der Waals surface area contributed by atoms with Gasteiger partial charge in [-0.25, -0.2) is 9.18 Å². The summed E-state index contributed by atoms with van der Waals surface area (Å²) in [6.07, 6.45) is 0. The third kappa shape index (κ3) is 3.84. The van der Waals surface area contributed by atoms with Crippen LogP contribution in [0, 0.1) is 5.82 Å². The largest absolute Gasteiger partial charge is 0.478 e. The molecule has 0 heterocycles. The summed E-state index contributed by atoms with van der Waals surface area (Å²) >= 11 is 12.9. The highest BCUT2D eigenvalue weighted by molar-refractivity contribution is 9.15.